The van der Waals surface area contributed by atoms with Crippen LogP contribution in [0.5, 0.6) is 0 Å². The van der Waals surface area contributed by atoms with Crippen molar-refractivity contribution in [1.82, 2.24) is 0 Å². The predicted octanol–water partition coefficient (Wildman–Crippen LogP) is 12.9. The van der Waals surface area contributed by atoms with Crippen molar-refractivity contribution in [2.24, 2.45) is 0 Å². The van der Waals surface area contributed by atoms with Crippen LogP contribution in [0.2, 0.25) is 4.44 Å². The summed E-state index contributed by atoms with van der Waals surface area (Å²) in [6, 6.07) is 0. The maximum absolute atomic E-state index is 13.1. The molecule has 0 amide bonds. The molecule has 0 aliphatic carbocycles. The monoisotopic (exact) mass is 772 g/mol. The van der Waals surface area contributed by atoms with E-state index in [0.29, 0.717) is 5.57 Å². The first-order chi connectivity index (χ1) is 22.8. The Balaban J connectivity index is 5.01. The van der Waals surface area contributed by atoms with Crippen molar-refractivity contribution in [1.29, 1.82) is 0 Å². The fourth-order valence-corrected chi connectivity index (χ4v) is 12.9. The summed E-state index contributed by atoms with van der Waals surface area (Å²) in [6.45, 7) is 12.5. The van der Waals surface area contributed by atoms with E-state index in [1.165, 1.54) is 116 Å². The van der Waals surface area contributed by atoms with Gasteiger partial charge in [-0.3, -0.25) is 0 Å². The zero-order chi connectivity index (χ0) is 34.9. The van der Waals surface area contributed by atoms with E-state index >= 15 is 0 Å². The minimum absolute atomic E-state index is 0.144. The molecule has 0 fully saturated rings. The molecule has 0 heterocycles. The summed E-state index contributed by atoms with van der Waals surface area (Å²) in [5.41, 5.74) is 0.698. The van der Waals surface area contributed by atoms with Crippen molar-refractivity contribution in [2.75, 3.05) is 0 Å². The van der Waals surface area contributed by atoms with Crippen LogP contribution in [0.15, 0.2) is 12.2 Å². The number of hydrogen-bond donors (Lipinski definition) is 0. The molecule has 0 aliphatic heterocycles. The molecule has 0 aromatic heterocycles. The Kier molecular flexibility index (Phi) is 32.7. The van der Waals surface area contributed by atoms with Crippen LogP contribution in [0.25, 0.3) is 0 Å². The van der Waals surface area contributed by atoms with Crippen LogP contribution in [-0.2, 0) is 23.6 Å². The van der Waals surface area contributed by atoms with Crippen molar-refractivity contribution in [3.05, 3.63) is 12.2 Å². The first kappa shape index (κ1) is 45.9. The molecule has 0 saturated heterocycles. The minimum Gasteiger partial charge on any atom is -0.0654 e. The van der Waals surface area contributed by atoms with Crippen molar-refractivity contribution >= 4 is 37.5 Å². The fourth-order valence-electron chi connectivity index (χ4n) is 5.95. The van der Waals surface area contributed by atoms with Gasteiger partial charge in [-0.05, 0) is 0 Å². The van der Waals surface area contributed by atoms with Gasteiger partial charge in [-0.15, -0.1) is 0 Å². The third-order valence-corrected chi connectivity index (χ3v) is 16.4. The van der Waals surface area contributed by atoms with Crippen LogP contribution >= 0.6 is 0 Å². The number of hydrogen-bond acceptors (Lipinski definition) is 6. The average Bonchev–Trinajstić information content (AvgIpc) is 3.02. The second-order valence-corrected chi connectivity index (χ2v) is 20.6. The van der Waals surface area contributed by atoms with Crippen LogP contribution < -0.4 is 0 Å². The summed E-state index contributed by atoms with van der Waals surface area (Å²) in [7, 11) is 0. The quantitative estimate of drug-likeness (QED) is 0.0363. The molecule has 0 aliphatic rings. The van der Waals surface area contributed by atoms with Crippen molar-refractivity contribution < 1.29 is 23.6 Å². The molecule has 47 heavy (non-hydrogen) atoms. The van der Waals surface area contributed by atoms with Gasteiger partial charge in [0.1, 0.15) is 0 Å². The van der Waals surface area contributed by atoms with Gasteiger partial charge in [-0.25, -0.2) is 0 Å². The molecule has 0 rings (SSSR count). The second-order valence-electron chi connectivity index (χ2n) is 14.0. The Hall–Kier alpha value is -1.05. The number of carbonyl (C=O) groups is 3. The van der Waals surface area contributed by atoms with E-state index in [0.717, 1.165) is 57.8 Å². The Labute approximate surface area is 296 Å². The summed E-state index contributed by atoms with van der Waals surface area (Å²) < 4.78 is 18.1. The van der Waals surface area contributed by atoms with Crippen LogP contribution in [0.1, 0.15) is 220 Å². The van der Waals surface area contributed by atoms with Crippen LogP contribution in [0.3, 0.4) is 0 Å². The van der Waals surface area contributed by atoms with Gasteiger partial charge in [0, 0.05) is 0 Å². The molecule has 276 valence electrons. The van der Waals surface area contributed by atoms with Gasteiger partial charge in [-0.2, -0.15) is 0 Å². The third kappa shape index (κ3) is 30.7. The van der Waals surface area contributed by atoms with E-state index in [2.05, 4.69) is 27.4 Å². The Bertz CT molecular complexity index is 694. The van der Waals surface area contributed by atoms with Gasteiger partial charge in [-0.1, -0.05) is 20.8 Å². The molecule has 0 radical (unpaired) electrons. The van der Waals surface area contributed by atoms with E-state index in [1.807, 2.05) is 6.92 Å². The molecule has 0 atom stereocenters. The van der Waals surface area contributed by atoms with Crippen LogP contribution in [0, 0.1) is 0 Å². The molecular weight excluding hydrogens is 695 g/mol. The van der Waals surface area contributed by atoms with E-state index < -0.39 is 37.5 Å². The zero-order valence-corrected chi connectivity index (χ0v) is 34.4. The fraction of sp³-hybridized carbons (Fsp3) is 0.875. The zero-order valence-electron chi connectivity index (χ0n) is 31.6. The van der Waals surface area contributed by atoms with E-state index in [-0.39, 0.29) is 23.7 Å². The van der Waals surface area contributed by atoms with Gasteiger partial charge < -0.3 is 0 Å². The SMILES string of the molecule is C=C(C)[CH2][Sn]([O]C(=O)CCCCCCCCCCC)([O]C(=O)CCCCCCCCCCC)[O]C(=O)CCCCCCCCCCC. The topological polar surface area (TPSA) is 78.9 Å². The summed E-state index contributed by atoms with van der Waals surface area (Å²) in [5.74, 6) is -1.26. The molecular formula is C40H76O6Sn. The molecule has 0 aromatic rings. The average molecular weight is 772 g/mol. The third-order valence-electron chi connectivity index (χ3n) is 8.78. The molecule has 0 unspecified atom stereocenters. The maximum atomic E-state index is 13.1. The molecule has 0 bridgehead atoms. The van der Waals surface area contributed by atoms with E-state index in [4.69, 9.17) is 9.22 Å². The van der Waals surface area contributed by atoms with Crippen molar-refractivity contribution in [3.63, 3.8) is 0 Å². The Morgan fingerprint density at radius 2 is 0.617 bits per heavy atom. The van der Waals surface area contributed by atoms with Gasteiger partial charge in [0.25, 0.3) is 0 Å². The summed E-state index contributed by atoms with van der Waals surface area (Å²) in [4.78, 5) is 39.2. The van der Waals surface area contributed by atoms with Gasteiger partial charge >= 0.3 is 277 Å². The molecule has 6 nitrogen and oxygen atoms in total. The summed E-state index contributed by atoms with van der Waals surface area (Å²) in [6.07, 6.45) is 31.8. The second kappa shape index (κ2) is 33.4. The summed E-state index contributed by atoms with van der Waals surface area (Å²) in [5, 5.41) is 0. The smallest absolute Gasteiger partial charge is 0.0654 e. The molecule has 0 spiro atoms. The number of unbranched alkanes of at least 4 members (excludes halogenated alkanes) is 24. The van der Waals surface area contributed by atoms with Crippen LogP contribution in [-0.4, -0.2) is 37.5 Å². The van der Waals surface area contributed by atoms with E-state index in [1.54, 1.807) is 0 Å². The van der Waals surface area contributed by atoms with E-state index in [9.17, 15) is 14.4 Å². The number of carbonyl (C=O) groups excluding carboxylic acids is 3. The normalized spacial score (nSPS) is 11.4. The molecule has 0 aromatic carbocycles. The number of rotatable bonds is 35. The standard InChI is InChI=1S/3C12H24O2.C4H7.Sn/c3*1-2-3-4-5-6-7-8-9-10-11-12(13)14;1-4(2)3;/h3*2-11H2,1H3,(H,13,14);1-2H2,3H3;/q;;;;+3/p-3. The Morgan fingerprint density at radius 1 is 0.404 bits per heavy atom. The van der Waals surface area contributed by atoms with Crippen LogP contribution in [0.4, 0.5) is 0 Å². The minimum atomic E-state index is -4.95. The predicted molar refractivity (Wildman–Crippen MR) is 199 cm³/mol. The molecule has 0 N–H and O–H groups in total. The van der Waals surface area contributed by atoms with Gasteiger partial charge in [0.05, 0.1) is 0 Å². The first-order valence-corrected chi connectivity index (χ1v) is 25.6. The van der Waals surface area contributed by atoms with Crippen molar-refractivity contribution in [3.8, 4) is 0 Å². The van der Waals surface area contributed by atoms with Crippen molar-refractivity contribution in [2.45, 2.75) is 225 Å². The molecule has 7 heteroatoms. The number of allylic oxidation sites excluding steroid dienone is 1. The molecule has 0 saturated carbocycles. The van der Waals surface area contributed by atoms with Gasteiger partial charge in [0.15, 0.2) is 0 Å². The summed E-state index contributed by atoms with van der Waals surface area (Å²) >= 11 is -4.95. The van der Waals surface area contributed by atoms with Gasteiger partial charge in [0.2, 0.25) is 0 Å². The Morgan fingerprint density at radius 3 is 0.830 bits per heavy atom. The first-order valence-electron chi connectivity index (χ1n) is 20.1.